The van der Waals surface area contributed by atoms with Gasteiger partial charge in [-0.3, -0.25) is 4.68 Å². The van der Waals surface area contributed by atoms with Gasteiger partial charge in [0.15, 0.2) is 11.6 Å². The van der Waals surface area contributed by atoms with Crippen LogP contribution in [0.15, 0.2) is 30.6 Å². The molecule has 5 heteroatoms. The Bertz CT molecular complexity index is 537. The summed E-state index contributed by atoms with van der Waals surface area (Å²) in [5, 5.41) is 7.32. The summed E-state index contributed by atoms with van der Waals surface area (Å²) in [5.74, 6) is -1.64. The van der Waals surface area contributed by atoms with Gasteiger partial charge >= 0.3 is 0 Å². The molecule has 0 amide bonds. The highest BCUT2D eigenvalue weighted by Crippen LogP contribution is 2.13. The third-order valence-corrected chi connectivity index (χ3v) is 2.82. The molecule has 1 aromatic heterocycles. The number of hydrogen-bond acceptors (Lipinski definition) is 2. The minimum Gasteiger partial charge on any atom is -0.306 e. The Labute approximate surface area is 104 Å². The van der Waals surface area contributed by atoms with Gasteiger partial charge < -0.3 is 5.32 Å². The minimum absolute atomic E-state index is 0.104. The molecule has 96 valence electrons. The lowest BCUT2D eigenvalue weighted by Gasteiger charge is -2.12. The number of aryl methyl sites for hydroxylation is 1. The highest BCUT2D eigenvalue weighted by Gasteiger charge is 2.08. The highest BCUT2D eigenvalue weighted by atomic mass is 19.2. The van der Waals surface area contributed by atoms with Gasteiger partial charge in [-0.15, -0.1) is 0 Å². The van der Waals surface area contributed by atoms with Crippen molar-refractivity contribution in [3.63, 3.8) is 0 Å². The summed E-state index contributed by atoms with van der Waals surface area (Å²) in [4.78, 5) is 0. The molecule has 1 atom stereocenters. The molecule has 0 aliphatic heterocycles. The quantitative estimate of drug-likeness (QED) is 0.905. The normalized spacial score (nSPS) is 12.7. The zero-order valence-corrected chi connectivity index (χ0v) is 10.3. The van der Waals surface area contributed by atoms with Crippen LogP contribution in [0.3, 0.4) is 0 Å². The fourth-order valence-electron chi connectivity index (χ4n) is 1.70. The van der Waals surface area contributed by atoms with Gasteiger partial charge in [0, 0.05) is 31.4 Å². The maximum Gasteiger partial charge on any atom is 0.159 e. The summed E-state index contributed by atoms with van der Waals surface area (Å²) in [6, 6.07) is 4.02. The second kappa shape index (κ2) is 5.27. The third kappa shape index (κ3) is 2.92. The van der Waals surface area contributed by atoms with E-state index in [2.05, 4.69) is 10.4 Å². The molecule has 3 nitrogen and oxygen atoms in total. The number of nitrogens with one attached hydrogen (secondary N) is 1. The fraction of sp³-hybridized carbons (Fsp3) is 0.308. The molecule has 2 rings (SSSR count). The molecule has 2 aromatic rings. The van der Waals surface area contributed by atoms with E-state index < -0.39 is 11.6 Å². The number of hydrogen-bond donors (Lipinski definition) is 1. The molecule has 0 saturated carbocycles. The number of halogens is 2. The average molecular weight is 251 g/mol. The first-order valence-electron chi connectivity index (χ1n) is 5.72. The third-order valence-electron chi connectivity index (χ3n) is 2.82. The van der Waals surface area contributed by atoms with Crippen LogP contribution in [-0.4, -0.2) is 9.78 Å². The van der Waals surface area contributed by atoms with Gasteiger partial charge in [-0.1, -0.05) is 6.07 Å². The molecular formula is C13H15F2N3. The number of nitrogens with zero attached hydrogens (tertiary/aromatic N) is 2. The van der Waals surface area contributed by atoms with Crippen molar-refractivity contribution in [1.82, 2.24) is 15.1 Å². The van der Waals surface area contributed by atoms with Gasteiger partial charge in [-0.2, -0.15) is 5.10 Å². The van der Waals surface area contributed by atoms with Crippen molar-refractivity contribution in [3.8, 4) is 0 Å². The van der Waals surface area contributed by atoms with Crippen molar-refractivity contribution >= 4 is 0 Å². The smallest absolute Gasteiger partial charge is 0.159 e. The lowest BCUT2D eigenvalue weighted by Crippen LogP contribution is -2.17. The topological polar surface area (TPSA) is 29.9 Å². The van der Waals surface area contributed by atoms with E-state index in [1.165, 1.54) is 6.07 Å². The fourth-order valence-corrected chi connectivity index (χ4v) is 1.70. The van der Waals surface area contributed by atoms with Crippen LogP contribution in [0.1, 0.15) is 24.1 Å². The Morgan fingerprint density at radius 2 is 2.11 bits per heavy atom. The SMILES string of the molecule is CC(NCc1ccc(F)c(F)c1)c1cnn(C)c1. The molecule has 1 heterocycles. The molecule has 0 fully saturated rings. The molecule has 0 saturated heterocycles. The van der Waals surface area contributed by atoms with Crippen molar-refractivity contribution < 1.29 is 8.78 Å². The standard InChI is InChI=1S/C13H15F2N3/c1-9(11-7-17-18(2)8-11)16-6-10-3-4-12(14)13(15)5-10/h3-5,7-9,16H,6H2,1-2H3. The number of rotatable bonds is 4. The Morgan fingerprint density at radius 1 is 1.33 bits per heavy atom. The van der Waals surface area contributed by atoms with E-state index in [1.807, 2.05) is 20.2 Å². The highest BCUT2D eigenvalue weighted by molar-refractivity contribution is 5.18. The van der Waals surface area contributed by atoms with Gasteiger partial charge in [0.25, 0.3) is 0 Å². The maximum absolute atomic E-state index is 13.0. The van der Waals surface area contributed by atoms with Crippen LogP contribution in [0.25, 0.3) is 0 Å². The van der Waals surface area contributed by atoms with Gasteiger partial charge in [0.1, 0.15) is 0 Å². The van der Waals surface area contributed by atoms with E-state index in [0.717, 1.165) is 11.6 Å². The summed E-state index contributed by atoms with van der Waals surface area (Å²) < 4.78 is 27.5. The van der Waals surface area contributed by atoms with E-state index in [4.69, 9.17) is 0 Å². The molecule has 0 radical (unpaired) electrons. The molecule has 0 aliphatic carbocycles. The van der Waals surface area contributed by atoms with Gasteiger partial charge in [0.05, 0.1) is 6.20 Å². The summed E-state index contributed by atoms with van der Waals surface area (Å²) in [5.41, 5.74) is 1.77. The lowest BCUT2D eigenvalue weighted by molar-refractivity contribution is 0.504. The summed E-state index contributed by atoms with van der Waals surface area (Å²) in [7, 11) is 1.85. The van der Waals surface area contributed by atoms with Crippen LogP contribution in [0, 0.1) is 11.6 Å². The van der Waals surface area contributed by atoms with E-state index in [-0.39, 0.29) is 6.04 Å². The molecule has 1 unspecified atom stereocenters. The molecule has 0 bridgehead atoms. The predicted molar refractivity (Wildman–Crippen MR) is 64.8 cm³/mol. The molecular weight excluding hydrogens is 236 g/mol. The van der Waals surface area contributed by atoms with Crippen molar-refractivity contribution in [2.24, 2.45) is 7.05 Å². The van der Waals surface area contributed by atoms with Crippen LogP contribution in [0.5, 0.6) is 0 Å². The van der Waals surface area contributed by atoms with Gasteiger partial charge in [-0.05, 0) is 24.6 Å². The molecule has 1 N–H and O–H groups in total. The largest absolute Gasteiger partial charge is 0.306 e. The monoisotopic (exact) mass is 251 g/mol. The second-order valence-corrected chi connectivity index (χ2v) is 4.30. The van der Waals surface area contributed by atoms with Crippen molar-refractivity contribution in [2.75, 3.05) is 0 Å². The molecule has 0 spiro atoms. The first-order chi connectivity index (χ1) is 8.56. The van der Waals surface area contributed by atoms with Crippen molar-refractivity contribution in [1.29, 1.82) is 0 Å². The van der Waals surface area contributed by atoms with E-state index >= 15 is 0 Å². The van der Waals surface area contributed by atoms with Crippen LogP contribution in [0.4, 0.5) is 8.78 Å². The predicted octanol–water partition coefficient (Wildman–Crippen LogP) is 2.55. The Morgan fingerprint density at radius 3 is 2.72 bits per heavy atom. The Kier molecular flexibility index (Phi) is 3.72. The Balaban J connectivity index is 1.97. The molecule has 1 aromatic carbocycles. The zero-order valence-electron chi connectivity index (χ0n) is 10.3. The van der Waals surface area contributed by atoms with Crippen LogP contribution in [0.2, 0.25) is 0 Å². The summed E-state index contributed by atoms with van der Waals surface area (Å²) >= 11 is 0. The van der Waals surface area contributed by atoms with E-state index in [9.17, 15) is 8.78 Å². The van der Waals surface area contributed by atoms with Crippen LogP contribution < -0.4 is 5.32 Å². The first kappa shape index (κ1) is 12.7. The average Bonchev–Trinajstić information content (AvgIpc) is 2.77. The van der Waals surface area contributed by atoms with E-state index in [0.29, 0.717) is 12.1 Å². The maximum atomic E-state index is 13.0. The summed E-state index contributed by atoms with van der Waals surface area (Å²) in [6.45, 7) is 2.48. The van der Waals surface area contributed by atoms with E-state index in [1.54, 1.807) is 16.9 Å². The minimum atomic E-state index is -0.820. The first-order valence-corrected chi connectivity index (χ1v) is 5.72. The number of aromatic nitrogens is 2. The Hall–Kier alpha value is -1.75. The molecule has 18 heavy (non-hydrogen) atoms. The van der Waals surface area contributed by atoms with Crippen molar-refractivity contribution in [3.05, 3.63) is 53.4 Å². The zero-order chi connectivity index (χ0) is 13.1. The second-order valence-electron chi connectivity index (χ2n) is 4.30. The van der Waals surface area contributed by atoms with Crippen LogP contribution >= 0.6 is 0 Å². The lowest BCUT2D eigenvalue weighted by atomic mass is 10.1. The molecule has 0 aliphatic rings. The van der Waals surface area contributed by atoms with Gasteiger partial charge in [-0.25, -0.2) is 8.78 Å². The van der Waals surface area contributed by atoms with Crippen molar-refractivity contribution in [2.45, 2.75) is 19.5 Å². The van der Waals surface area contributed by atoms with Crippen LogP contribution in [-0.2, 0) is 13.6 Å². The summed E-state index contributed by atoms with van der Waals surface area (Å²) in [6.07, 6.45) is 3.70. The number of benzene rings is 1. The van der Waals surface area contributed by atoms with Gasteiger partial charge in [0.2, 0.25) is 0 Å².